The summed E-state index contributed by atoms with van der Waals surface area (Å²) >= 11 is 3.46. The van der Waals surface area contributed by atoms with Gasteiger partial charge >= 0.3 is 24.5 Å². The van der Waals surface area contributed by atoms with Gasteiger partial charge in [0.1, 0.15) is 0 Å². The normalized spacial score (nSPS) is 9.44. The molecule has 0 spiro atoms. The average Bonchev–Trinajstić information content (AvgIpc) is 2.37. The molecular weight excluding hydrogens is 259 g/mol. The predicted molar refractivity (Wildman–Crippen MR) is 71.1 cm³/mol. The quantitative estimate of drug-likeness (QED) is 0.486. The summed E-state index contributed by atoms with van der Waals surface area (Å²) in [7, 11) is 3.71. The minimum atomic E-state index is 1.26. The van der Waals surface area contributed by atoms with Crippen molar-refractivity contribution in [2.24, 2.45) is 0 Å². The van der Waals surface area contributed by atoms with Crippen molar-refractivity contribution in [3.8, 4) is 0 Å². The van der Waals surface area contributed by atoms with Crippen LogP contribution in [0.1, 0.15) is 51.0 Å². The number of rotatable bonds is 7. The molecule has 1 aromatic carbocycles. The van der Waals surface area contributed by atoms with Gasteiger partial charge < -0.3 is 0 Å². The molecule has 0 N–H and O–H groups in total. The standard InChI is InChI=1S/C14H22.Ni.S/c1-2-3-4-5-6-8-11-14-12-9-7-10-13-14;;/h7,9-10,12-13H,2-6,8,11H2,1H3;;. The molecule has 0 fully saturated rings. The molecular formula is C14H22NiS. The number of hydrogen-bond acceptors (Lipinski definition) is 1. The first-order chi connectivity index (χ1) is 7.93. The molecule has 0 aliphatic carbocycles. The first-order valence-electron chi connectivity index (χ1n) is 6.10. The Bertz CT molecular complexity index is 236. The Kier molecular flexibility index (Phi) is 12.9. The van der Waals surface area contributed by atoms with Crippen molar-refractivity contribution in [3.05, 3.63) is 35.9 Å². The van der Waals surface area contributed by atoms with Crippen molar-refractivity contribution >= 4 is 10.7 Å². The molecule has 0 heterocycles. The van der Waals surface area contributed by atoms with Gasteiger partial charge in [-0.15, -0.1) is 0 Å². The van der Waals surface area contributed by atoms with Gasteiger partial charge in [-0.3, -0.25) is 0 Å². The summed E-state index contributed by atoms with van der Waals surface area (Å²) in [5, 5.41) is 0. The number of unbranched alkanes of at least 4 members (excludes halogenated alkanes) is 5. The molecule has 0 nitrogen and oxygen atoms in total. The van der Waals surface area contributed by atoms with Gasteiger partial charge in [0.2, 0.25) is 0 Å². The Morgan fingerprint density at radius 1 is 0.875 bits per heavy atom. The van der Waals surface area contributed by atoms with E-state index in [1.54, 1.807) is 0 Å². The zero-order valence-corrected chi connectivity index (χ0v) is 11.9. The third kappa shape index (κ3) is 9.18. The van der Waals surface area contributed by atoms with Gasteiger partial charge in [0, 0.05) is 0 Å². The summed E-state index contributed by atoms with van der Waals surface area (Å²) in [6.45, 7) is 2.27. The van der Waals surface area contributed by atoms with Crippen molar-refractivity contribution in [1.29, 1.82) is 0 Å². The molecule has 0 amide bonds. The van der Waals surface area contributed by atoms with Gasteiger partial charge in [-0.2, -0.15) is 0 Å². The van der Waals surface area contributed by atoms with Crippen LogP contribution in [0.2, 0.25) is 0 Å². The maximum absolute atomic E-state index is 3.71. The van der Waals surface area contributed by atoms with Crippen molar-refractivity contribution in [1.82, 2.24) is 0 Å². The van der Waals surface area contributed by atoms with Crippen LogP contribution in [0.5, 0.6) is 0 Å². The second-order valence-electron chi connectivity index (χ2n) is 4.00. The van der Waals surface area contributed by atoms with Crippen LogP contribution in [-0.2, 0) is 20.3 Å². The van der Waals surface area contributed by atoms with Gasteiger partial charge in [-0.25, -0.2) is 0 Å². The van der Waals surface area contributed by atoms with Crippen molar-refractivity contribution in [2.45, 2.75) is 51.9 Å². The molecule has 94 valence electrons. The van der Waals surface area contributed by atoms with Crippen LogP contribution in [0, 0.1) is 0 Å². The third-order valence-corrected chi connectivity index (χ3v) is 2.66. The first kappa shape index (κ1) is 15.9. The molecule has 16 heavy (non-hydrogen) atoms. The second-order valence-corrected chi connectivity index (χ2v) is 4.00. The molecule has 0 radical (unpaired) electrons. The summed E-state index contributed by atoms with van der Waals surface area (Å²) in [4.78, 5) is 0. The zero-order chi connectivity index (χ0) is 12.1. The minimum absolute atomic E-state index is 1.26. The summed E-state index contributed by atoms with van der Waals surface area (Å²) in [6, 6.07) is 10.8. The summed E-state index contributed by atoms with van der Waals surface area (Å²) in [5.41, 5.74) is 1.49. The molecule has 0 aliphatic rings. The molecule has 0 aromatic heterocycles. The molecule has 0 saturated heterocycles. The van der Waals surface area contributed by atoms with E-state index in [9.17, 15) is 0 Å². The van der Waals surface area contributed by atoms with Crippen molar-refractivity contribution in [3.63, 3.8) is 0 Å². The summed E-state index contributed by atoms with van der Waals surface area (Å²) in [5.74, 6) is 0. The van der Waals surface area contributed by atoms with E-state index in [1.807, 2.05) is 0 Å². The van der Waals surface area contributed by atoms with E-state index in [0.717, 1.165) is 0 Å². The SMILES string of the molecule is CCCCCCCCc1ccccc1.[S]=[Ni]. The van der Waals surface area contributed by atoms with Gasteiger partial charge in [-0.05, 0) is 18.4 Å². The summed E-state index contributed by atoms with van der Waals surface area (Å²) in [6.07, 6.45) is 9.60. The fraction of sp³-hybridized carbons (Fsp3) is 0.571. The fourth-order valence-corrected chi connectivity index (χ4v) is 1.75. The first-order valence-corrected chi connectivity index (χ1v) is 7.57. The Morgan fingerprint density at radius 2 is 1.44 bits per heavy atom. The van der Waals surface area contributed by atoms with E-state index in [1.165, 1.54) is 50.5 Å². The van der Waals surface area contributed by atoms with Gasteiger partial charge in [-0.1, -0.05) is 69.4 Å². The van der Waals surface area contributed by atoms with E-state index < -0.39 is 0 Å². The van der Waals surface area contributed by atoms with E-state index in [0.29, 0.717) is 0 Å². The molecule has 1 aromatic rings. The molecule has 2 heteroatoms. The Labute approximate surface area is 112 Å². The molecule has 0 saturated carbocycles. The Balaban J connectivity index is 0.00000106. The van der Waals surface area contributed by atoms with Crippen LogP contribution >= 0.6 is 10.7 Å². The molecule has 0 unspecified atom stereocenters. The van der Waals surface area contributed by atoms with Gasteiger partial charge in [0.05, 0.1) is 0 Å². The van der Waals surface area contributed by atoms with Crippen molar-refractivity contribution < 1.29 is 13.9 Å². The van der Waals surface area contributed by atoms with Crippen LogP contribution < -0.4 is 0 Å². The number of benzene rings is 1. The van der Waals surface area contributed by atoms with Crippen molar-refractivity contribution in [2.75, 3.05) is 0 Å². The molecule has 0 aliphatic heterocycles. The second kappa shape index (κ2) is 13.0. The van der Waals surface area contributed by atoms with Crippen LogP contribution in [0.4, 0.5) is 0 Å². The van der Waals surface area contributed by atoms with Crippen LogP contribution in [0.25, 0.3) is 0 Å². The number of hydrogen-bond donors (Lipinski definition) is 0. The fourth-order valence-electron chi connectivity index (χ4n) is 1.75. The van der Waals surface area contributed by atoms with Gasteiger partial charge in [0.25, 0.3) is 0 Å². The van der Waals surface area contributed by atoms with E-state index in [-0.39, 0.29) is 0 Å². The van der Waals surface area contributed by atoms with E-state index in [2.05, 4.69) is 61.8 Å². The zero-order valence-electron chi connectivity index (χ0n) is 10.1. The predicted octanol–water partition coefficient (Wildman–Crippen LogP) is 5.24. The molecule has 1 rings (SSSR count). The Hall–Kier alpha value is -0.0665. The Morgan fingerprint density at radius 3 is 2.06 bits per heavy atom. The van der Waals surface area contributed by atoms with Crippen LogP contribution in [0.3, 0.4) is 0 Å². The van der Waals surface area contributed by atoms with E-state index >= 15 is 0 Å². The van der Waals surface area contributed by atoms with Crippen LogP contribution in [0.15, 0.2) is 30.3 Å². The van der Waals surface area contributed by atoms with Crippen LogP contribution in [-0.4, -0.2) is 0 Å². The molecule has 0 atom stereocenters. The van der Waals surface area contributed by atoms with Gasteiger partial charge in [0.15, 0.2) is 0 Å². The number of aryl methyl sites for hydroxylation is 1. The topological polar surface area (TPSA) is 0 Å². The monoisotopic (exact) mass is 280 g/mol. The van der Waals surface area contributed by atoms with E-state index in [4.69, 9.17) is 0 Å². The maximum atomic E-state index is 3.71. The molecule has 0 bridgehead atoms. The third-order valence-electron chi connectivity index (χ3n) is 2.66. The summed E-state index contributed by atoms with van der Waals surface area (Å²) < 4.78 is 0. The average molecular weight is 281 g/mol.